The maximum absolute atomic E-state index is 12.1. The van der Waals surface area contributed by atoms with Gasteiger partial charge in [-0.05, 0) is 56.2 Å². The van der Waals surface area contributed by atoms with Crippen molar-refractivity contribution in [3.05, 3.63) is 42.1 Å². The minimum Gasteiger partial charge on any atom is -0.497 e. The fraction of sp³-hybridized carbons (Fsp3) is 0.364. The number of hydrogen-bond acceptors (Lipinski definition) is 7. The van der Waals surface area contributed by atoms with E-state index in [1.807, 2.05) is 43.3 Å². The van der Waals surface area contributed by atoms with Crippen molar-refractivity contribution < 1.29 is 9.53 Å². The van der Waals surface area contributed by atoms with Crippen LogP contribution in [0.25, 0.3) is 21.1 Å². The van der Waals surface area contributed by atoms with E-state index >= 15 is 0 Å². The Kier molecular flexibility index (Phi) is 6.64. The molecule has 1 aliphatic carbocycles. The number of carbonyl (C=O) groups is 1. The first-order valence-electron chi connectivity index (χ1n) is 10.0. The zero-order valence-electron chi connectivity index (χ0n) is 17.1. The normalized spacial score (nSPS) is 14.1. The van der Waals surface area contributed by atoms with Crippen molar-refractivity contribution in [3.8, 4) is 26.9 Å². The van der Waals surface area contributed by atoms with Gasteiger partial charge in [0.1, 0.15) is 21.5 Å². The SMILES string of the molecule is COc1ccc(-c2nc(C)c(-c3ccc(SCC(=O)NC4CCCC4)nn3)s2)cc1. The molecule has 1 N–H and O–H groups in total. The minimum atomic E-state index is 0.0696. The third-order valence-corrected chi connectivity index (χ3v) is 7.23. The van der Waals surface area contributed by atoms with Crippen molar-refractivity contribution in [2.75, 3.05) is 12.9 Å². The Morgan fingerprint density at radius 3 is 2.60 bits per heavy atom. The Morgan fingerprint density at radius 1 is 1.17 bits per heavy atom. The first-order chi connectivity index (χ1) is 14.6. The van der Waals surface area contributed by atoms with Crippen LogP contribution in [0.4, 0.5) is 0 Å². The lowest BCUT2D eigenvalue weighted by Crippen LogP contribution is -2.33. The topological polar surface area (TPSA) is 77.0 Å². The summed E-state index contributed by atoms with van der Waals surface area (Å²) >= 11 is 3.01. The van der Waals surface area contributed by atoms with Gasteiger partial charge in [-0.1, -0.05) is 24.6 Å². The molecule has 2 aromatic heterocycles. The van der Waals surface area contributed by atoms with E-state index in [1.165, 1.54) is 24.6 Å². The van der Waals surface area contributed by atoms with Crippen LogP contribution in [-0.4, -0.2) is 40.0 Å². The summed E-state index contributed by atoms with van der Waals surface area (Å²) in [6, 6.07) is 12.1. The molecule has 0 aliphatic heterocycles. The van der Waals surface area contributed by atoms with Crippen LogP contribution < -0.4 is 10.1 Å². The van der Waals surface area contributed by atoms with Gasteiger partial charge in [0, 0.05) is 11.6 Å². The van der Waals surface area contributed by atoms with Gasteiger partial charge in [0.25, 0.3) is 0 Å². The molecule has 1 saturated carbocycles. The lowest BCUT2D eigenvalue weighted by molar-refractivity contribution is -0.119. The number of carbonyl (C=O) groups excluding carboxylic acids is 1. The number of amides is 1. The van der Waals surface area contributed by atoms with Crippen LogP contribution in [-0.2, 0) is 4.79 Å². The molecule has 30 heavy (non-hydrogen) atoms. The van der Waals surface area contributed by atoms with E-state index in [0.29, 0.717) is 11.8 Å². The molecular formula is C22H24N4O2S2. The summed E-state index contributed by atoms with van der Waals surface area (Å²) in [5.74, 6) is 1.26. The van der Waals surface area contributed by atoms with Gasteiger partial charge in [-0.2, -0.15) is 0 Å². The highest BCUT2D eigenvalue weighted by atomic mass is 32.2. The molecule has 0 radical (unpaired) electrons. The molecule has 1 aliphatic rings. The second-order valence-electron chi connectivity index (χ2n) is 7.26. The summed E-state index contributed by atoms with van der Waals surface area (Å²) in [7, 11) is 1.66. The summed E-state index contributed by atoms with van der Waals surface area (Å²) in [6.07, 6.45) is 4.61. The lowest BCUT2D eigenvalue weighted by Gasteiger charge is -2.11. The third kappa shape index (κ3) is 4.99. The van der Waals surface area contributed by atoms with Gasteiger partial charge in [-0.15, -0.1) is 21.5 Å². The van der Waals surface area contributed by atoms with Crippen LogP contribution in [0.2, 0.25) is 0 Å². The van der Waals surface area contributed by atoms with Crippen LogP contribution in [0.15, 0.2) is 41.4 Å². The van der Waals surface area contributed by atoms with E-state index in [1.54, 1.807) is 18.4 Å². The second-order valence-corrected chi connectivity index (χ2v) is 9.25. The average molecular weight is 441 g/mol. The summed E-state index contributed by atoms with van der Waals surface area (Å²) in [6.45, 7) is 1.98. The Hall–Kier alpha value is -2.45. The summed E-state index contributed by atoms with van der Waals surface area (Å²) in [4.78, 5) is 17.8. The van der Waals surface area contributed by atoms with Crippen molar-refractivity contribution in [3.63, 3.8) is 0 Å². The van der Waals surface area contributed by atoms with Gasteiger partial charge in [0.15, 0.2) is 0 Å². The fourth-order valence-corrected chi connectivity index (χ4v) is 5.15. The summed E-state index contributed by atoms with van der Waals surface area (Å²) in [5, 5.41) is 13.5. The number of benzene rings is 1. The van der Waals surface area contributed by atoms with Crippen molar-refractivity contribution >= 4 is 29.0 Å². The molecule has 1 aromatic carbocycles. The van der Waals surface area contributed by atoms with Gasteiger partial charge in [-0.3, -0.25) is 4.79 Å². The highest BCUT2D eigenvalue weighted by Crippen LogP contribution is 2.35. The average Bonchev–Trinajstić information content (AvgIpc) is 3.42. The second kappa shape index (κ2) is 9.57. The van der Waals surface area contributed by atoms with Gasteiger partial charge in [-0.25, -0.2) is 4.98 Å². The number of rotatable bonds is 7. The predicted molar refractivity (Wildman–Crippen MR) is 121 cm³/mol. The molecule has 156 valence electrons. The molecule has 0 spiro atoms. The number of methoxy groups -OCH3 is 1. The molecule has 6 nitrogen and oxygen atoms in total. The standard InChI is InChI=1S/C22H24N4O2S2/c1-14-21(30-22(23-14)15-7-9-17(28-2)10-8-15)18-11-12-20(26-25-18)29-13-19(27)24-16-5-3-4-6-16/h7-12,16H,3-6,13H2,1-2H3,(H,24,27). The summed E-state index contributed by atoms with van der Waals surface area (Å²) < 4.78 is 5.22. The largest absolute Gasteiger partial charge is 0.497 e. The molecule has 2 heterocycles. The lowest BCUT2D eigenvalue weighted by atomic mass is 10.2. The molecule has 0 bridgehead atoms. The Labute approximate surface area is 184 Å². The smallest absolute Gasteiger partial charge is 0.230 e. The fourth-order valence-electron chi connectivity index (χ4n) is 3.49. The number of aryl methyl sites for hydroxylation is 1. The van der Waals surface area contributed by atoms with E-state index in [-0.39, 0.29) is 5.91 Å². The van der Waals surface area contributed by atoms with Crippen molar-refractivity contribution in [2.24, 2.45) is 0 Å². The monoisotopic (exact) mass is 440 g/mol. The van der Waals surface area contributed by atoms with Crippen LogP contribution in [0.3, 0.4) is 0 Å². The van der Waals surface area contributed by atoms with Gasteiger partial charge in [0.05, 0.1) is 23.4 Å². The Morgan fingerprint density at radius 2 is 1.93 bits per heavy atom. The van der Waals surface area contributed by atoms with Gasteiger partial charge in [0.2, 0.25) is 5.91 Å². The first-order valence-corrected chi connectivity index (χ1v) is 11.8. The Bertz CT molecular complexity index is 997. The molecular weight excluding hydrogens is 416 g/mol. The van der Waals surface area contributed by atoms with Crippen molar-refractivity contribution in [2.45, 2.75) is 43.7 Å². The maximum atomic E-state index is 12.1. The number of nitrogens with one attached hydrogen (secondary N) is 1. The van der Waals surface area contributed by atoms with E-state index in [2.05, 4.69) is 15.5 Å². The maximum Gasteiger partial charge on any atom is 0.230 e. The number of thioether (sulfide) groups is 1. The van der Waals surface area contributed by atoms with Gasteiger partial charge < -0.3 is 10.1 Å². The van der Waals surface area contributed by atoms with E-state index in [0.717, 1.165) is 50.5 Å². The van der Waals surface area contributed by atoms with Crippen LogP contribution >= 0.6 is 23.1 Å². The molecule has 0 saturated heterocycles. The van der Waals surface area contributed by atoms with Crippen LogP contribution in [0, 0.1) is 6.92 Å². The zero-order chi connectivity index (χ0) is 20.9. The van der Waals surface area contributed by atoms with Gasteiger partial charge >= 0.3 is 0 Å². The number of aromatic nitrogens is 3. The van der Waals surface area contributed by atoms with Crippen LogP contribution in [0.1, 0.15) is 31.4 Å². The highest BCUT2D eigenvalue weighted by Gasteiger charge is 2.17. The highest BCUT2D eigenvalue weighted by molar-refractivity contribution is 7.99. The molecule has 4 rings (SSSR count). The van der Waals surface area contributed by atoms with Crippen LogP contribution in [0.5, 0.6) is 5.75 Å². The predicted octanol–water partition coefficient (Wildman–Crippen LogP) is 4.74. The zero-order valence-corrected chi connectivity index (χ0v) is 18.7. The first kappa shape index (κ1) is 20.8. The Balaban J connectivity index is 1.39. The van der Waals surface area contributed by atoms with Crippen molar-refractivity contribution in [1.82, 2.24) is 20.5 Å². The van der Waals surface area contributed by atoms with E-state index < -0.39 is 0 Å². The molecule has 3 aromatic rings. The molecule has 0 unspecified atom stereocenters. The van der Waals surface area contributed by atoms with E-state index in [4.69, 9.17) is 9.72 Å². The molecule has 8 heteroatoms. The number of nitrogens with zero attached hydrogens (tertiary/aromatic N) is 3. The molecule has 0 atom stereocenters. The molecule has 1 amide bonds. The quantitative estimate of drug-likeness (QED) is 0.535. The minimum absolute atomic E-state index is 0.0696. The van der Waals surface area contributed by atoms with Crippen molar-refractivity contribution in [1.29, 1.82) is 0 Å². The summed E-state index contributed by atoms with van der Waals surface area (Å²) in [5.41, 5.74) is 2.77. The number of ether oxygens (including phenoxy) is 1. The van der Waals surface area contributed by atoms with E-state index in [9.17, 15) is 4.79 Å². The molecule has 1 fully saturated rings. The number of thiazole rings is 1. The number of hydrogen-bond donors (Lipinski definition) is 1. The third-order valence-electron chi connectivity index (χ3n) is 5.08.